The quantitative estimate of drug-likeness (QED) is 0.671. The lowest BCUT2D eigenvalue weighted by Gasteiger charge is -2.13. The van der Waals surface area contributed by atoms with Crippen LogP contribution < -0.4 is 10.1 Å². The average Bonchev–Trinajstić information content (AvgIpc) is 2.43. The Kier molecular flexibility index (Phi) is 8.31. The zero-order chi connectivity index (χ0) is 15.7. The molecule has 0 saturated heterocycles. The largest absolute Gasteiger partial charge is 0.475 e. The highest BCUT2D eigenvalue weighted by Gasteiger charge is 2.07. The molecule has 0 aromatic carbocycles. The molecule has 0 atom stereocenters. The number of pyridine rings is 1. The van der Waals surface area contributed by atoms with Gasteiger partial charge in [0.1, 0.15) is 6.61 Å². The average molecular weight is 294 g/mol. The summed E-state index contributed by atoms with van der Waals surface area (Å²) in [6, 6.07) is 4.18. The molecular weight excluding hydrogens is 264 g/mol. The highest BCUT2D eigenvalue weighted by atomic mass is 16.5. The molecule has 4 nitrogen and oxygen atoms in total. The van der Waals surface area contributed by atoms with Gasteiger partial charge in [0.2, 0.25) is 5.88 Å². The molecule has 0 fully saturated rings. The SMILES string of the molecule is CCCNCc1cc(OCCOC(C)C)nc(C(C)C)c1. The van der Waals surface area contributed by atoms with Crippen molar-refractivity contribution in [3.05, 3.63) is 23.4 Å². The van der Waals surface area contributed by atoms with Gasteiger partial charge >= 0.3 is 0 Å². The van der Waals surface area contributed by atoms with Crippen LogP contribution in [0, 0.1) is 0 Å². The second-order valence-electron chi connectivity index (χ2n) is 5.84. The molecular formula is C17H30N2O2. The van der Waals surface area contributed by atoms with Crippen molar-refractivity contribution in [2.45, 2.75) is 59.6 Å². The zero-order valence-electron chi connectivity index (χ0n) is 14.1. The number of hydrogen-bond donors (Lipinski definition) is 1. The summed E-state index contributed by atoms with van der Waals surface area (Å²) >= 11 is 0. The Morgan fingerprint density at radius 3 is 2.52 bits per heavy atom. The lowest BCUT2D eigenvalue weighted by atomic mass is 10.1. The van der Waals surface area contributed by atoms with Crippen molar-refractivity contribution in [3.63, 3.8) is 0 Å². The van der Waals surface area contributed by atoms with E-state index in [0.717, 1.165) is 25.2 Å². The monoisotopic (exact) mass is 294 g/mol. The Morgan fingerprint density at radius 2 is 1.90 bits per heavy atom. The Balaban J connectivity index is 2.63. The number of hydrogen-bond acceptors (Lipinski definition) is 4. The van der Waals surface area contributed by atoms with Crippen LogP contribution in [0.25, 0.3) is 0 Å². The fourth-order valence-electron chi connectivity index (χ4n) is 1.89. The van der Waals surface area contributed by atoms with Gasteiger partial charge in [0.25, 0.3) is 0 Å². The van der Waals surface area contributed by atoms with E-state index in [-0.39, 0.29) is 6.10 Å². The molecule has 0 unspecified atom stereocenters. The Bertz CT molecular complexity index is 406. The Hall–Kier alpha value is -1.13. The molecule has 1 N–H and O–H groups in total. The molecule has 0 aliphatic rings. The van der Waals surface area contributed by atoms with Crippen LogP contribution in [0.5, 0.6) is 5.88 Å². The van der Waals surface area contributed by atoms with Crippen LogP contribution in [0.3, 0.4) is 0 Å². The molecule has 0 aliphatic heterocycles. The minimum absolute atomic E-state index is 0.234. The van der Waals surface area contributed by atoms with Gasteiger partial charge in [-0.2, -0.15) is 0 Å². The lowest BCUT2D eigenvalue weighted by Crippen LogP contribution is -2.15. The van der Waals surface area contributed by atoms with E-state index in [4.69, 9.17) is 9.47 Å². The maximum Gasteiger partial charge on any atom is 0.213 e. The lowest BCUT2D eigenvalue weighted by molar-refractivity contribution is 0.0542. The zero-order valence-corrected chi connectivity index (χ0v) is 14.1. The molecule has 0 saturated carbocycles. The van der Waals surface area contributed by atoms with E-state index in [1.54, 1.807) is 0 Å². The minimum Gasteiger partial charge on any atom is -0.475 e. The van der Waals surface area contributed by atoms with Crippen molar-refractivity contribution in [2.24, 2.45) is 0 Å². The molecule has 0 radical (unpaired) electrons. The molecule has 0 amide bonds. The van der Waals surface area contributed by atoms with Crippen molar-refractivity contribution >= 4 is 0 Å². The van der Waals surface area contributed by atoms with E-state index < -0.39 is 0 Å². The number of ether oxygens (including phenoxy) is 2. The van der Waals surface area contributed by atoms with Crippen molar-refractivity contribution in [3.8, 4) is 5.88 Å². The molecule has 1 heterocycles. The van der Waals surface area contributed by atoms with Crippen LogP contribution in [-0.2, 0) is 11.3 Å². The smallest absolute Gasteiger partial charge is 0.213 e. The van der Waals surface area contributed by atoms with Gasteiger partial charge in [-0.15, -0.1) is 0 Å². The molecule has 0 aliphatic carbocycles. The summed E-state index contributed by atoms with van der Waals surface area (Å²) in [4.78, 5) is 4.57. The second-order valence-corrected chi connectivity index (χ2v) is 5.84. The molecule has 0 bridgehead atoms. The summed E-state index contributed by atoms with van der Waals surface area (Å²) in [6.45, 7) is 13.5. The summed E-state index contributed by atoms with van der Waals surface area (Å²) in [5.41, 5.74) is 2.30. The number of rotatable bonds is 10. The summed E-state index contributed by atoms with van der Waals surface area (Å²) in [5, 5.41) is 3.42. The van der Waals surface area contributed by atoms with E-state index >= 15 is 0 Å². The first-order valence-corrected chi connectivity index (χ1v) is 7.98. The maximum atomic E-state index is 5.73. The van der Waals surface area contributed by atoms with Gasteiger partial charge in [0, 0.05) is 18.3 Å². The second kappa shape index (κ2) is 9.74. The van der Waals surface area contributed by atoms with Gasteiger partial charge in [-0.3, -0.25) is 0 Å². The summed E-state index contributed by atoms with van der Waals surface area (Å²) < 4.78 is 11.2. The van der Waals surface area contributed by atoms with Crippen LogP contribution in [0.2, 0.25) is 0 Å². The van der Waals surface area contributed by atoms with E-state index in [9.17, 15) is 0 Å². The third-order valence-electron chi connectivity index (χ3n) is 3.01. The Morgan fingerprint density at radius 1 is 1.14 bits per heavy atom. The normalized spacial score (nSPS) is 11.4. The van der Waals surface area contributed by atoms with E-state index in [1.165, 1.54) is 5.56 Å². The number of nitrogens with one attached hydrogen (secondary N) is 1. The molecule has 21 heavy (non-hydrogen) atoms. The molecule has 1 rings (SSSR count). The van der Waals surface area contributed by atoms with E-state index in [2.05, 4.69) is 37.1 Å². The Labute approximate surface area is 129 Å². The predicted molar refractivity (Wildman–Crippen MR) is 86.9 cm³/mol. The van der Waals surface area contributed by atoms with Crippen LogP contribution in [0.1, 0.15) is 58.2 Å². The van der Waals surface area contributed by atoms with E-state index in [1.807, 2.05) is 19.9 Å². The molecule has 0 spiro atoms. The van der Waals surface area contributed by atoms with Gasteiger partial charge in [-0.05, 0) is 44.4 Å². The van der Waals surface area contributed by atoms with Gasteiger partial charge in [-0.25, -0.2) is 4.98 Å². The van der Waals surface area contributed by atoms with Crippen molar-refractivity contribution in [1.82, 2.24) is 10.3 Å². The van der Waals surface area contributed by atoms with Crippen LogP contribution in [0.4, 0.5) is 0 Å². The first-order valence-electron chi connectivity index (χ1n) is 7.98. The van der Waals surface area contributed by atoms with Gasteiger partial charge < -0.3 is 14.8 Å². The fraction of sp³-hybridized carbons (Fsp3) is 0.706. The third-order valence-corrected chi connectivity index (χ3v) is 3.01. The predicted octanol–water partition coefficient (Wildman–Crippen LogP) is 3.51. The minimum atomic E-state index is 0.234. The van der Waals surface area contributed by atoms with Crippen LogP contribution >= 0.6 is 0 Å². The van der Waals surface area contributed by atoms with E-state index in [0.29, 0.717) is 25.0 Å². The van der Waals surface area contributed by atoms with Crippen molar-refractivity contribution in [1.29, 1.82) is 0 Å². The first-order chi connectivity index (χ1) is 10.0. The standard InChI is InChI=1S/C17H30N2O2/c1-6-7-18-12-15-10-16(13(2)3)19-17(11-15)21-9-8-20-14(4)5/h10-11,13-14,18H,6-9,12H2,1-5H3. The first kappa shape index (κ1) is 17.9. The fourth-order valence-corrected chi connectivity index (χ4v) is 1.89. The van der Waals surface area contributed by atoms with Crippen molar-refractivity contribution in [2.75, 3.05) is 19.8 Å². The summed E-state index contributed by atoms with van der Waals surface area (Å²) in [6.07, 6.45) is 1.37. The van der Waals surface area contributed by atoms with Gasteiger partial charge in [0.15, 0.2) is 0 Å². The number of nitrogens with zero attached hydrogens (tertiary/aromatic N) is 1. The van der Waals surface area contributed by atoms with Crippen LogP contribution in [-0.4, -0.2) is 30.8 Å². The van der Waals surface area contributed by atoms with Gasteiger partial charge in [-0.1, -0.05) is 20.8 Å². The van der Waals surface area contributed by atoms with Crippen LogP contribution in [0.15, 0.2) is 12.1 Å². The highest BCUT2D eigenvalue weighted by molar-refractivity contribution is 5.26. The maximum absolute atomic E-state index is 5.73. The molecule has 1 aromatic rings. The number of aromatic nitrogens is 1. The molecule has 1 aromatic heterocycles. The molecule has 4 heteroatoms. The third kappa shape index (κ3) is 7.44. The van der Waals surface area contributed by atoms with Gasteiger partial charge in [0.05, 0.1) is 12.7 Å². The van der Waals surface area contributed by atoms with Crippen molar-refractivity contribution < 1.29 is 9.47 Å². The topological polar surface area (TPSA) is 43.4 Å². The summed E-state index contributed by atoms with van der Waals surface area (Å²) in [7, 11) is 0. The molecule has 120 valence electrons. The highest BCUT2D eigenvalue weighted by Crippen LogP contribution is 2.19. The summed E-state index contributed by atoms with van der Waals surface area (Å²) in [5.74, 6) is 1.09.